The van der Waals surface area contributed by atoms with Crippen LogP contribution >= 0.6 is 0 Å². The SMILES string of the molecule is COc1cc(C(N)=O)cc(OC)c1OCC(C)C. The summed E-state index contributed by atoms with van der Waals surface area (Å²) in [5, 5.41) is 0. The molecule has 0 bridgehead atoms. The highest BCUT2D eigenvalue weighted by Crippen LogP contribution is 2.38. The fourth-order valence-corrected chi connectivity index (χ4v) is 1.41. The molecular weight excluding hydrogens is 234 g/mol. The first-order chi connectivity index (χ1) is 8.49. The molecule has 5 nitrogen and oxygen atoms in total. The minimum Gasteiger partial charge on any atom is -0.493 e. The molecule has 18 heavy (non-hydrogen) atoms. The molecule has 0 heterocycles. The van der Waals surface area contributed by atoms with Crippen LogP contribution in [-0.4, -0.2) is 26.7 Å². The van der Waals surface area contributed by atoms with Crippen LogP contribution in [0, 0.1) is 5.92 Å². The molecule has 0 aliphatic heterocycles. The van der Waals surface area contributed by atoms with Gasteiger partial charge in [0.1, 0.15) is 0 Å². The molecule has 0 radical (unpaired) electrons. The van der Waals surface area contributed by atoms with E-state index in [1.165, 1.54) is 14.2 Å². The van der Waals surface area contributed by atoms with E-state index in [1.54, 1.807) is 12.1 Å². The quantitative estimate of drug-likeness (QED) is 0.839. The monoisotopic (exact) mass is 253 g/mol. The number of carbonyl (C=O) groups is 1. The summed E-state index contributed by atoms with van der Waals surface area (Å²) < 4.78 is 16.0. The van der Waals surface area contributed by atoms with Gasteiger partial charge in [-0.05, 0) is 18.1 Å². The second-order valence-electron chi connectivity index (χ2n) is 4.28. The van der Waals surface area contributed by atoms with Crippen molar-refractivity contribution in [1.82, 2.24) is 0 Å². The predicted molar refractivity (Wildman–Crippen MR) is 68.4 cm³/mol. The molecule has 2 N–H and O–H groups in total. The third kappa shape index (κ3) is 3.29. The molecule has 100 valence electrons. The number of ether oxygens (including phenoxy) is 3. The standard InChI is InChI=1S/C13H19NO4/c1-8(2)7-18-12-10(16-3)5-9(13(14)15)6-11(12)17-4/h5-6,8H,7H2,1-4H3,(H2,14,15). The maximum Gasteiger partial charge on any atom is 0.248 e. The van der Waals surface area contributed by atoms with E-state index in [0.29, 0.717) is 35.3 Å². The van der Waals surface area contributed by atoms with Crippen LogP contribution in [0.25, 0.3) is 0 Å². The van der Waals surface area contributed by atoms with Crippen molar-refractivity contribution in [2.24, 2.45) is 11.7 Å². The molecule has 1 aromatic carbocycles. The van der Waals surface area contributed by atoms with E-state index in [1.807, 2.05) is 13.8 Å². The highest BCUT2D eigenvalue weighted by molar-refractivity contribution is 5.94. The molecule has 1 rings (SSSR count). The second kappa shape index (κ2) is 6.14. The topological polar surface area (TPSA) is 70.8 Å². The van der Waals surface area contributed by atoms with E-state index in [4.69, 9.17) is 19.9 Å². The van der Waals surface area contributed by atoms with Gasteiger partial charge in [0.15, 0.2) is 11.5 Å². The van der Waals surface area contributed by atoms with Gasteiger partial charge in [-0.25, -0.2) is 0 Å². The molecule has 0 aliphatic carbocycles. The highest BCUT2D eigenvalue weighted by atomic mass is 16.5. The van der Waals surface area contributed by atoms with Gasteiger partial charge >= 0.3 is 0 Å². The van der Waals surface area contributed by atoms with Crippen molar-refractivity contribution in [1.29, 1.82) is 0 Å². The van der Waals surface area contributed by atoms with E-state index < -0.39 is 5.91 Å². The number of rotatable bonds is 6. The van der Waals surface area contributed by atoms with Crippen molar-refractivity contribution >= 4 is 5.91 Å². The largest absolute Gasteiger partial charge is 0.493 e. The molecule has 0 aliphatic rings. The van der Waals surface area contributed by atoms with Crippen LogP contribution in [0.4, 0.5) is 0 Å². The number of primary amides is 1. The molecule has 0 atom stereocenters. The van der Waals surface area contributed by atoms with Gasteiger partial charge in [0.05, 0.1) is 20.8 Å². The number of methoxy groups -OCH3 is 2. The molecule has 5 heteroatoms. The van der Waals surface area contributed by atoms with Gasteiger partial charge in [-0.2, -0.15) is 0 Å². The highest BCUT2D eigenvalue weighted by Gasteiger charge is 2.16. The van der Waals surface area contributed by atoms with Crippen molar-refractivity contribution in [3.8, 4) is 17.2 Å². The first kappa shape index (κ1) is 14.2. The molecule has 0 fully saturated rings. The van der Waals surface area contributed by atoms with Gasteiger partial charge in [0.2, 0.25) is 11.7 Å². The fourth-order valence-electron chi connectivity index (χ4n) is 1.41. The van der Waals surface area contributed by atoms with Crippen LogP contribution in [0.1, 0.15) is 24.2 Å². The van der Waals surface area contributed by atoms with Gasteiger partial charge in [-0.3, -0.25) is 4.79 Å². The van der Waals surface area contributed by atoms with Crippen LogP contribution in [0.2, 0.25) is 0 Å². The summed E-state index contributed by atoms with van der Waals surface area (Å²) in [7, 11) is 3.00. The zero-order chi connectivity index (χ0) is 13.7. The molecule has 1 amide bonds. The molecule has 0 aromatic heterocycles. The minimum absolute atomic E-state index is 0.320. The van der Waals surface area contributed by atoms with Crippen LogP contribution in [0.15, 0.2) is 12.1 Å². The summed E-state index contributed by atoms with van der Waals surface area (Å²) >= 11 is 0. The lowest BCUT2D eigenvalue weighted by atomic mass is 10.1. The maximum absolute atomic E-state index is 11.2. The Morgan fingerprint density at radius 3 is 2.06 bits per heavy atom. The summed E-state index contributed by atoms with van der Waals surface area (Å²) in [6.07, 6.45) is 0. The van der Waals surface area contributed by atoms with Gasteiger partial charge in [-0.1, -0.05) is 13.8 Å². The lowest BCUT2D eigenvalue weighted by Gasteiger charge is -2.16. The number of nitrogens with two attached hydrogens (primary N) is 1. The molecular formula is C13H19NO4. The van der Waals surface area contributed by atoms with E-state index in [-0.39, 0.29) is 0 Å². The summed E-state index contributed by atoms with van der Waals surface area (Å²) in [6, 6.07) is 3.08. The van der Waals surface area contributed by atoms with Crippen molar-refractivity contribution in [2.45, 2.75) is 13.8 Å². The Morgan fingerprint density at radius 1 is 1.22 bits per heavy atom. The van der Waals surface area contributed by atoms with Crippen LogP contribution in [0.3, 0.4) is 0 Å². The van der Waals surface area contributed by atoms with Gasteiger partial charge < -0.3 is 19.9 Å². The molecule has 0 saturated carbocycles. The summed E-state index contributed by atoms with van der Waals surface area (Å²) in [5.74, 6) is 1.18. The second-order valence-corrected chi connectivity index (χ2v) is 4.28. The smallest absolute Gasteiger partial charge is 0.248 e. The first-order valence-corrected chi connectivity index (χ1v) is 5.68. The Bertz CT molecular complexity index is 404. The number of amides is 1. The van der Waals surface area contributed by atoms with E-state index >= 15 is 0 Å². The lowest BCUT2D eigenvalue weighted by molar-refractivity contribution is 0.0999. The lowest BCUT2D eigenvalue weighted by Crippen LogP contribution is -2.12. The van der Waals surface area contributed by atoms with Crippen LogP contribution < -0.4 is 19.9 Å². The maximum atomic E-state index is 11.2. The predicted octanol–water partition coefficient (Wildman–Crippen LogP) is 1.84. The van der Waals surface area contributed by atoms with Gasteiger partial charge in [0.25, 0.3) is 0 Å². The van der Waals surface area contributed by atoms with E-state index in [9.17, 15) is 4.79 Å². The molecule has 0 saturated heterocycles. The van der Waals surface area contributed by atoms with Crippen molar-refractivity contribution in [3.05, 3.63) is 17.7 Å². The number of carbonyl (C=O) groups excluding carboxylic acids is 1. The Kier molecular flexibility index (Phi) is 4.83. The minimum atomic E-state index is -0.540. The third-order valence-electron chi connectivity index (χ3n) is 2.31. The van der Waals surface area contributed by atoms with E-state index in [0.717, 1.165) is 0 Å². The normalized spacial score (nSPS) is 10.3. The Labute approximate surface area is 107 Å². The Balaban J connectivity index is 3.17. The van der Waals surface area contributed by atoms with Gasteiger partial charge in [-0.15, -0.1) is 0 Å². The number of hydrogen-bond donors (Lipinski definition) is 1. The number of benzene rings is 1. The van der Waals surface area contributed by atoms with Crippen molar-refractivity contribution < 1.29 is 19.0 Å². The average Bonchev–Trinajstić information content (AvgIpc) is 2.34. The summed E-state index contributed by atoms with van der Waals surface area (Å²) in [5.41, 5.74) is 5.56. The zero-order valence-corrected chi connectivity index (χ0v) is 11.1. The molecule has 1 aromatic rings. The fraction of sp³-hybridized carbons (Fsp3) is 0.462. The Hall–Kier alpha value is -1.91. The van der Waals surface area contributed by atoms with Crippen molar-refractivity contribution in [2.75, 3.05) is 20.8 Å². The van der Waals surface area contributed by atoms with Crippen LogP contribution in [-0.2, 0) is 0 Å². The van der Waals surface area contributed by atoms with Crippen LogP contribution in [0.5, 0.6) is 17.2 Å². The van der Waals surface area contributed by atoms with Crippen molar-refractivity contribution in [3.63, 3.8) is 0 Å². The molecule has 0 unspecified atom stereocenters. The van der Waals surface area contributed by atoms with Gasteiger partial charge in [0, 0.05) is 5.56 Å². The third-order valence-corrected chi connectivity index (χ3v) is 2.31. The molecule has 0 spiro atoms. The average molecular weight is 253 g/mol. The first-order valence-electron chi connectivity index (χ1n) is 5.68. The van der Waals surface area contributed by atoms with E-state index in [2.05, 4.69) is 0 Å². The number of hydrogen-bond acceptors (Lipinski definition) is 4. The Morgan fingerprint density at radius 2 is 1.72 bits per heavy atom. The summed E-state index contributed by atoms with van der Waals surface area (Å²) in [4.78, 5) is 11.2. The zero-order valence-electron chi connectivity index (χ0n) is 11.1. The summed E-state index contributed by atoms with van der Waals surface area (Å²) in [6.45, 7) is 4.61.